The Morgan fingerprint density at radius 3 is 1.28 bits per heavy atom. The highest BCUT2D eigenvalue weighted by molar-refractivity contribution is 6.22. The van der Waals surface area contributed by atoms with E-state index in [0.717, 1.165) is 77.1 Å². The molecule has 13 aromatic rings. The zero-order chi connectivity index (χ0) is 42.3. The minimum Gasteiger partial charge on any atom is -0.309 e. The fraction of sp³-hybridized carbons (Fsp3) is 0. The molecule has 0 aliphatic heterocycles. The normalized spacial score (nSPS) is 11.7. The third-order valence-electron chi connectivity index (χ3n) is 13.3. The topological polar surface area (TPSA) is 33.6 Å². The van der Waals surface area contributed by atoms with Gasteiger partial charge >= 0.3 is 0 Å². The summed E-state index contributed by atoms with van der Waals surface area (Å²) >= 11 is 0. The molecule has 3 nitrogen and oxygen atoms in total. The molecule has 0 saturated heterocycles. The number of hydrogen-bond donors (Lipinski definition) is 0. The van der Waals surface area contributed by atoms with E-state index < -0.39 is 0 Å². The highest BCUT2D eigenvalue weighted by Crippen LogP contribution is 2.46. The van der Waals surface area contributed by atoms with Crippen molar-refractivity contribution in [1.82, 2.24) is 9.13 Å². The first-order chi connectivity index (χ1) is 31.7. The highest BCUT2D eigenvalue weighted by atomic mass is 15.0. The van der Waals surface area contributed by atoms with Gasteiger partial charge in [-0.15, -0.1) is 0 Å². The van der Waals surface area contributed by atoms with Gasteiger partial charge in [-0.1, -0.05) is 146 Å². The molecule has 0 atom stereocenters. The fourth-order valence-electron chi connectivity index (χ4n) is 10.5. The zero-order valence-corrected chi connectivity index (χ0v) is 34.7. The molecule has 13 rings (SSSR count). The highest BCUT2D eigenvalue weighted by Gasteiger charge is 2.21. The van der Waals surface area contributed by atoms with Gasteiger partial charge in [-0.2, -0.15) is 5.26 Å². The number of aromatic nitrogens is 2. The largest absolute Gasteiger partial charge is 0.309 e. The molecular weight excluding hydrogens is 775 g/mol. The van der Waals surface area contributed by atoms with Crippen LogP contribution < -0.4 is 0 Å². The number of para-hydroxylation sites is 4. The van der Waals surface area contributed by atoms with Crippen molar-refractivity contribution in [3.8, 4) is 50.8 Å². The molecule has 0 unspecified atom stereocenters. The van der Waals surface area contributed by atoms with E-state index in [4.69, 9.17) is 0 Å². The maximum Gasteiger partial charge on any atom is 0.0992 e. The first-order valence-electron chi connectivity index (χ1n) is 21.8. The van der Waals surface area contributed by atoms with Crippen LogP contribution in [-0.2, 0) is 0 Å². The second kappa shape index (κ2) is 14.2. The predicted octanol–water partition coefficient (Wildman–Crippen LogP) is 16.2. The average molecular weight is 812 g/mol. The summed E-state index contributed by atoms with van der Waals surface area (Å²) in [5.41, 5.74) is 14.5. The molecule has 296 valence electrons. The van der Waals surface area contributed by atoms with Crippen molar-refractivity contribution in [2.75, 3.05) is 0 Å². The van der Waals surface area contributed by atoms with Crippen LogP contribution in [0.4, 0.5) is 0 Å². The molecule has 0 amide bonds. The first-order valence-corrected chi connectivity index (χ1v) is 21.8. The number of rotatable bonds is 5. The van der Waals surface area contributed by atoms with Crippen LogP contribution in [0.2, 0.25) is 0 Å². The van der Waals surface area contributed by atoms with E-state index in [1.807, 2.05) is 6.07 Å². The van der Waals surface area contributed by atoms with E-state index in [2.05, 4.69) is 234 Å². The number of fused-ring (bicyclic) bond motifs is 9. The summed E-state index contributed by atoms with van der Waals surface area (Å²) in [6, 6.07) is 83.5. The monoisotopic (exact) mass is 811 g/mol. The molecule has 0 aliphatic carbocycles. The molecule has 0 saturated carbocycles. The van der Waals surface area contributed by atoms with E-state index in [1.54, 1.807) is 0 Å². The van der Waals surface area contributed by atoms with Gasteiger partial charge in [0.15, 0.2) is 0 Å². The lowest BCUT2D eigenvalue weighted by atomic mass is 9.84. The van der Waals surface area contributed by atoms with Gasteiger partial charge in [0.1, 0.15) is 0 Å². The third-order valence-corrected chi connectivity index (χ3v) is 13.3. The standard InChI is InChI=1S/C61H37N3/c62-38-39-33-40-15-7-8-20-47(40)56(34-39)61-50-25-13-23-45(41-29-31-59-54(35-41)48-21-9-11-27-57(48)63(59)43-16-3-1-4-17-43)52(50)37-53-46(24-14-26-51(53)61)42-30-32-60-55(36-42)49-22-10-12-28-58(49)64(60)44-18-5-2-6-19-44/h1-37H. The van der Waals surface area contributed by atoms with Crippen LogP contribution in [0, 0.1) is 11.3 Å². The van der Waals surface area contributed by atoms with Crippen LogP contribution in [-0.4, -0.2) is 9.13 Å². The first kappa shape index (κ1) is 36.0. The predicted molar refractivity (Wildman–Crippen MR) is 269 cm³/mol. The maximum absolute atomic E-state index is 10.4. The van der Waals surface area contributed by atoms with Gasteiger partial charge in [-0.25, -0.2) is 0 Å². The van der Waals surface area contributed by atoms with Crippen LogP contribution >= 0.6 is 0 Å². The van der Waals surface area contributed by atoms with Crippen LogP contribution in [0.25, 0.3) is 121 Å². The second-order valence-corrected chi connectivity index (χ2v) is 16.7. The van der Waals surface area contributed by atoms with Crippen LogP contribution in [0.15, 0.2) is 224 Å². The Hall–Kier alpha value is -8.71. The van der Waals surface area contributed by atoms with Gasteiger partial charge in [-0.3, -0.25) is 0 Å². The lowest BCUT2D eigenvalue weighted by Crippen LogP contribution is -1.94. The molecule has 0 radical (unpaired) electrons. The van der Waals surface area contributed by atoms with E-state index in [0.29, 0.717) is 5.56 Å². The summed E-state index contributed by atoms with van der Waals surface area (Å²) < 4.78 is 4.74. The molecule has 11 aromatic carbocycles. The van der Waals surface area contributed by atoms with Gasteiger partial charge in [0.2, 0.25) is 0 Å². The molecule has 64 heavy (non-hydrogen) atoms. The van der Waals surface area contributed by atoms with Gasteiger partial charge in [0.25, 0.3) is 0 Å². The van der Waals surface area contributed by atoms with E-state index in [-0.39, 0.29) is 0 Å². The van der Waals surface area contributed by atoms with Crippen molar-refractivity contribution in [3.63, 3.8) is 0 Å². The molecule has 2 heterocycles. The maximum atomic E-state index is 10.4. The summed E-state index contributed by atoms with van der Waals surface area (Å²) in [5.74, 6) is 0. The second-order valence-electron chi connectivity index (χ2n) is 16.7. The number of benzene rings is 11. The molecule has 0 bridgehead atoms. The number of hydrogen-bond acceptors (Lipinski definition) is 1. The Kier molecular flexibility index (Phi) is 7.97. The smallest absolute Gasteiger partial charge is 0.0992 e. The quantitative estimate of drug-likeness (QED) is 0.159. The van der Waals surface area contributed by atoms with Crippen molar-refractivity contribution < 1.29 is 0 Å². The molecule has 3 heteroatoms. The van der Waals surface area contributed by atoms with Gasteiger partial charge in [-0.05, 0) is 145 Å². The molecule has 0 aliphatic rings. The summed E-state index contributed by atoms with van der Waals surface area (Å²) in [5, 5.41) is 22.1. The Balaban J connectivity index is 1.11. The van der Waals surface area contributed by atoms with Crippen molar-refractivity contribution in [2.45, 2.75) is 0 Å². The van der Waals surface area contributed by atoms with Crippen LogP contribution in [0.5, 0.6) is 0 Å². The minimum absolute atomic E-state index is 0.645. The summed E-state index contributed by atoms with van der Waals surface area (Å²) in [6.45, 7) is 0. The molecule has 0 spiro atoms. The van der Waals surface area contributed by atoms with Gasteiger partial charge in [0, 0.05) is 32.9 Å². The average Bonchev–Trinajstić information content (AvgIpc) is 3.87. The zero-order valence-electron chi connectivity index (χ0n) is 34.7. The molecule has 2 aromatic heterocycles. The van der Waals surface area contributed by atoms with Gasteiger partial charge < -0.3 is 9.13 Å². The lowest BCUT2D eigenvalue weighted by molar-refractivity contribution is 1.18. The number of nitriles is 1. The van der Waals surface area contributed by atoms with E-state index in [1.165, 1.54) is 43.6 Å². The molecular formula is C61H37N3. The Morgan fingerprint density at radius 2 is 0.750 bits per heavy atom. The summed E-state index contributed by atoms with van der Waals surface area (Å²) in [4.78, 5) is 0. The number of nitrogens with zero attached hydrogens (tertiary/aromatic N) is 3. The van der Waals surface area contributed by atoms with E-state index >= 15 is 0 Å². The summed E-state index contributed by atoms with van der Waals surface area (Å²) in [6.07, 6.45) is 0. The van der Waals surface area contributed by atoms with Crippen molar-refractivity contribution in [3.05, 3.63) is 230 Å². The van der Waals surface area contributed by atoms with Crippen LogP contribution in [0.3, 0.4) is 0 Å². The van der Waals surface area contributed by atoms with E-state index in [9.17, 15) is 5.26 Å². The lowest BCUT2D eigenvalue weighted by Gasteiger charge is -2.19. The molecule has 0 N–H and O–H groups in total. The van der Waals surface area contributed by atoms with Crippen molar-refractivity contribution >= 4 is 75.9 Å². The fourth-order valence-corrected chi connectivity index (χ4v) is 10.5. The summed E-state index contributed by atoms with van der Waals surface area (Å²) in [7, 11) is 0. The Labute approximate surface area is 369 Å². The Morgan fingerprint density at radius 1 is 0.297 bits per heavy atom. The SMILES string of the molecule is N#Cc1cc(-c2c3cccc(-c4ccc5c(c4)c4ccccc4n5-c4ccccc4)c3cc3c(-c4ccc5c(c4)c4ccccc4n5-c4ccccc4)cccc23)c2ccccc2c1. The molecule has 0 fully saturated rings. The third kappa shape index (κ3) is 5.40. The van der Waals surface area contributed by atoms with Crippen molar-refractivity contribution in [2.24, 2.45) is 0 Å². The minimum atomic E-state index is 0.645. The van der Waals surface area contributed by atoms with Crippen molar-refractivity contribution in [1.29, 1.82) is 5.26 Å². The van der Waals surface area contributed by atoms with Gasteiger partial charge in [0.05, 0.1) is 33.7 Å². The Bertz CT molecular complexity index is 3860. The van der Waals surface area contributed by atoms with Crippen LogP contribution in [0.1, 0.15) is 5.56 Å².